The number of carbonyl (C=O) groups excluding carboxylic acids is 1. The van der Waals surface area contributed by atoms with Crippen LogP contribution in [-0.4, -0.2) is 22.6 Å². The van der Waals surface area contributed by atoms with Gasteiger partial charge in [0.1, 0.15) is 11.4 Å². The fraction of sp³-hybridized carbons (Fsp3) is 0.176. The van der Waals surface area contributed by atoms with Gasteiger partial charge in [0.25, 0.3) is 0 Å². The van der Waals surface area contributed by atoms with Crippen LogP contribution in [0.2, 0.25) is 0 Å². The van der Waals surface area contributed by atoms with Gasteiger partial charge in [-0.15, -0.1) is 0 Å². The molecule has 0 amide bonds. The van der Waals surface area contributed by atoms with Crippen LogP contribution in [0.4, 0.5) is 5.82 Å². The first-order valence-electron chi connectivity index (χ1n) is 7.24. The lowest BCUT2D eigenvalue weighted by molar-refractivity contribution is 0.0731. The number of carbonyl (C=O) groups is 1. The van der Waals surface area contributed by atoms with Gasteiger partial charge < -0.3 is 19.8 Å². The number of aromatic nitrogens is 2. The predicted octanol–water partition coefficient (Wildman–Crippen LogP) is 2.87. The molecule has 0 unspecified atom stereocenters. The smallest absolute Gasteiger partial charge is 0.347 e. The predicted molar refractivity (Wildman–Crippen MR) is 87.8 cm³/mol. The van der Waals surface area contributed by atoms with Crippen LogP contribution in [0, 0.1) is 0 Å². The van der Waals surface area contributed by atoms with E-state index in [4.69, 9.17) is 15.2 Å². The van der Waals surface area contributed by atoms with Crippen molar-refractivity contribution in [2.45, 2.75) is 13.5 Å². The fourth-order valence-electron chi connectivity index (χ4n) is 2.53. The fourth-order valence-corrected chi connectivity index (χ4v) is 2.53. The van der Waals surface area contributed by atoms with Gasteiger partial charge in [0.2, 0.25) is 0 Å². The van der Waals surface area contributed by atoms with Gasteiger partial charge in [0, 0.05) is 24.3 Å². The van der Waals surface area contributed by atoms with Crippen LogP contribution < -0.4 is 15.2 Å². The van der Waals surface area contributed by atoms with E-state index >= 15 is 0 Å². The first-order valence-corrected chi connectivity index (χ1v) is 7.24. The van der Waals surface area contributed by atoms with E-state index in [9.17, 15) is 4.79 Å². The molecule has 6 nitrogen and oxygen atoms in total. The summed E-state index contributed by atoms with van der Waals surface area (Å²) in [5, 5.41) is 1.02. The number of nitrogens with two attached hydrogens (primary N) is 1. The van der Waals surface area contributed by atoms with Gasteiger partial charge in [0.15, 0.2) is 11.5 Å². The zero-order valence-corrected chi connectivity index (χ0v) is 12.9. The second-order valence-corrected chi connectivity index (χ2v) is 4.96. The number of esters is 1. The van der Waals surface area contributed by atoms with Crippen LogP contribution in [0.5, 0.6) is 11.5 Å². The van der Waals surface area contributed by atoms with Crippen LogP contribution in [0.15, 0.2) is 42.7 Å². The van der Waals surface area contributed by atoms with Crippen molar-refractivity contribution in [1.29, 1.82) is 0 Å². The van der Waals surface area contributed by atoms with E-state index < -0.39 is 5.97 Å². The number of nitrogens with zero attached hydrogens (tertiary/aromatic N) is 2. The quantitative estimate of drug-likeness (QED) is 0.592. The van der Waals surface area contributed by atoms with Gasteiger partial charge in [-0.3, -0.25) is 0 Å². The number of methoxy groups -OCH3 is 1. The number of pyridine rings is 1. The number of benzene rings is 1. The normalized spacial score (nSPS) is 10.7. The van der Waals surface area contributed by atoms with E-state index in [1.165, 1.54) is 6.20 Å². The number of nitrogen functional groups attached to an aromatic ring is 1. The van der Waals surface area contributed by atoms with Crippen LogP contribution >= 0.6 is 0 Å². The van der Waals surface area contributed by atoms with Crippen LogP contribution in [0.1, 0.15) is 17.3 Å². The minimum atomic E-state index is -0.567. The number of hydrogen-bond donors (Lipinski definition) is 1. The summed E-state index contributed by atoms with van der Waals surface area (Å²) < 4.78 is 13.0. The Kier molecular flexibility index (Phi) is 3.89. The standard InChI is InChI=1S/C17H17N3O3/c1-3-20-10-8-11-6-7-13(15(22-2)14(11)20)23-17(21)12-5-4-9-19-16(12)18/h4-10H,3H2,1-2H3,(H2,18,19). The molecular formula is C17H17N3O3. The Labute approximate surface area is 133 Å². The summed E-state index contributed by atoms with van der Waals surface area (Å²) in [6, 6.07) is 8.80. The molecule has 0 saturated heterocycles. The molecule has 2 N–H and O–H groups in total. The van der Waals surface area contributed by atoms with Crippen molar-refractivity contribution in [2.24, 2.45) is 0 Å². The van der Waals surface area contributed by atoms with E-state index in [-0.39, 0.29) is 11.4 Å². The Morgan fingerprint density at radius 3 is 2.83 bits per heavy atom. The number of rotatable bonds is 4. The minimum Gasteiger partial charge on any atom is -0.491 e. The van der Waals surface area contributed by atoms with Crippen molar-refractivity contribution in [1.82, 2.24) is 9.55 Å². The molecule has 3 aromatic rings. The molecule has 0 aliphatic rings. The molecular weight excluding hydrogens is 294 g/mol. The topological polar surface area (TPSA) is 79.4 Å². The molecule has 2 heterocycles. The third-order valence-corrected chi connectivity index (χ3v) is 3.65. The van der Waals surface area contributed by atoms with Gasteiger partial charge >= 0.3 is 5.97 Å². The van der Waals surface area contributed by atoms with Crippen molar-refractivity contribution in [2.75, 3.05) is 12.8 Å². The first kappa shape index (κ1) is 14.9. The molecule has 0 fully saturated rings. The first-order chi connectivity index (χ1) is 11.2. The number of ether oxygens (including phenoxy) is 2. The Morgan fingerprint density at radius 1 is 1.30 bits per heavy atom. The molecule has 0 spiro atoms. The molecule has 2 aromatic heterocycles. The number of anilines is 1. The Bertz CT molecular complexity index is 871. The van der Waals surface area contributed by atoms with E-state index in [0.29, 0.717) is 11.5 Å². The SMILES string of the molecule is CCn1ccc2ccc(OC(=O)c3cccnc3N)c(OC)c21. The van der Waals surface area contributed by atoms with Gasteiger partial charge in [-0.1, -0.05) is 0 Å². The molecule has 3 rings (SSSR count). The highest BCUT2D eigenvalue weighted by atomic mass is 16.6. The summed E-state index contributed by atoms with van der Waals surface area (Å²) >= 11 is 0. The van der Waals surface area contributed by atoms with Crippen molar-refractivity contribution in [3.63, 3.8) is 0 Å². The van der Waals surface area contributed by atoms with Gasteiger partial charge in [-0.05, 0) is 37.3 Å². The lowest BCUT2D eigenvalue weighted by atomic mass is 10.2. The van der Waals surface area contributed by atoms with E-state index in [1.807, 2.05) is 29.8 Å². The summed E-state index contributed by atoms with van der Waals surface area (Å²) in [6.45, 7) is 2.82. The summed E-state index contributed by atoms with van der Waals surface area (Å²) in [5.74, 6) is 0.434. The summed E-state index contributed by atoms with van der Waals surface area (Å²) in [7, 11) is 1.55. The van der Waals surface area contributed by atoms with Gasteiger partial charge in [-0.2, -0.15) is 0 Å². The summed E-state index contributed by atoms with van der Waals surface area (Å²) in [4.78, 5) is 16.2. The molecule has 0 radical (unpaired) electrons. The van der Waals surface area contributed by atoms with Gasteiger partial charge in [-0.25, -0.2) is 9.78 Å². The van der Waals surface area contributed by atoms with E-state index in [2.05, 4.69) is 4.98 Å². The number of aryl methyl sites for hydroxylation is 1. The maximum absolute atomic E-state index is 12.3. The zero-order valence-electron chi connectivity index (χ0n) is 12.9. The molecule has 0 aliphatic heterocycles. The second-order valence-electron chi connectivity index (χ2n) is 4.96. The average Bonchev–Trinajstić information content (AvgIpc) is 2.98. The highest BCUT2D eigenvalue weighted by molar-refractivity contribution is 5.97. The zero-order chi connectivity index (χ0) is 16.4. The van der Waals surface area contributed by atoms with E-state index in [1.54, 1.807) is 25.3 Å². The lowest BCUT2D eigenvalue weighted by Crippen LogP contribution is -2.12. The number of fused-ring (bicyclic) bond motifs is 1. The Hall–Kier alpha value is -3.02. The molecule has 1 aromatic carbocycles. The highest BCUT2D eigenvalue weighted by Crippen LogP contribution is 2.36. The summed E-state index contributed by atoms with van der Waals surface area (Å²) in [5.41, 5.74) is 6.83. The lowest BCUT2D eigenvalue weighted by Gasteiger charge is -2.12. The maximum Gasteiger partial charge on any atom is 0.347 e. The Morgan fingerprint density at radius 2 is 2.13 bits per heavy atom. The molecule has 0 saturated carbocycles. The number of hydrogen-bond acceptors (Lipinski definition) is 5. The monoisotopic (exact) mass is 311 g/mol. The van der Waals surface area contributed by atoms with E-state index in [0.717, 1.165) is 17.4 Å². The average molecular weight is 311 g/mol. The molecule has 0 atom stereocenters. The largest absolute Gasteiger partial charge is 0.491 e. The van der Waals surface area contributed by atoms with Crippen LogP contribution in [0.25, 0.3) is 10.9 Å². The Balaban J connectivity index is 2.03. The maximum atomic E-state index is 12.3. The minimum absolute atomic E-state index is 0.134. The van der Waals surface area contributed by atoms with Crippen molar-refractivity contribution >= 4 is 22.7 Å². The molecule has 118 valence electrons. The second kappa shape index (κ2) is 6.00. The summed E-state index contributed by atoms with van der Waals surface area (Å²) in [6.07, 6.45) is 3.49. The third kappa shape index (κ3) is 2.59. The molecule has 0 aliphatic carbocycles. The molecule has 0 bridgehead atoms. The molecule has 6 heteroatoms. The van der Waals surface area contributed by atoms with Crippen LogP contribution in [-0.2, 0) is 6.54 Å². The van der Waals surface area contributed by atoms with Crippen molar-refractivity contribution in [3.05, 3.63) is 48.3 Å². The van der Waals surface area contributed by atoms with Crippen molar-refractivity contribution < 1.29 is 14.3 Å². The molecule has 23 heavy (non-hydrogen) atoms. The van der Waals surface area contributed by atoms with Crippen LogP contribution in [0.3, 0.4) is 0 Å². The van der Waals surface area contributed by atoms with Crippen molar-refractivity contribution in [3.8, 4) is 11.5 Å². The van der Waals surface area contributed by atoms with Gasteiger partial charge in [0.05, 0.1) is 12.6 Å². The third-order valence-electron chi connectivity index (χ3n) is 3.65. The highest BCUT2D eigenvalue weighted by Gasteiger charge is 2.18.